The number of amidine groups is 1. The van der Waals surface area contributed by atoms with Gasteiger partial charge in [-0.1, -0.05) is 35.0 Å². The minimum Gasteiger partial charge on any atom is -0.409 e. The lowest BCUT2D eigenvalue weighted by atomic mass is 10.1. The Balaban J connectivity index is 2.74. The summed E-state index contributed by atoms with van der Waals surface area (Å²) in [5, 5.41) is 11.5. The molecule has 0 bridgehead atoms. The van der Waals surface area contributed by atoms with E-state index in [0.717, 1.165) is 11.1 Å². The molecule has 0 atom stereocenters. The summed E-state index contributed by atoms with van der Waals surface area (Å²) in [6.45, 7) is 5.94. The summed E-state index contributed by atoms with van der Waals surface area (Å²) in [7, 11) is 0. The highest BCUT2D eigenvalue weighted by atomic mass is 16.4. The van der Waals surface area contributed by atoms with E-state index in [0.29, 0.717) is 6.42 Å². The molecule has 104 valence electrons. The molecule has 1 rings (SSSR count). The Morgan fingerprint density at radius 2 is 1.95 bits per heavy atom. The van der Waals surface area contributed by atoms with E-state index in [1.165, 1.54) is 0 Å². The van der Waals surface area contributed by atoms with E-state index in [-0.39, 0.29) is 24.3 Å². The molecule has 1 amide bonds. The Kier molecular flexibility index (Phi) is 5.36. The van der Waals surface area contributed by atoms with Crippen molar-refractivity contribution in [2.75, 3.05) is 6.54 Å². The van der Waals surface area contributed by atoms with Crippen LogP contribution in [0.2, 0.25) is 0 Å². The fourth-order valence-corrected chi connectivity index (χ4v) is 1.75. The van der Waals surface area contributed by atoms with Gasteiger partial charge in [0.2, 0.25) is 5.91 Å². The number of hydrogen-bond acceptors (Lipinski definition) is 3. The van der Waals surface area contributed by atoms with Gasteiger partial charge in [0.1, 0.15) is 0 Å². The minimum atomic E-state index is -0.0366. The van der Waals surface area contributed by atoms with Crippen LogP contribution >= 0.6 is 0 Å². The summed E-state index contributed by atoms with van der Waals surface area (Å²) in [6, 6.07) is 7.83. The molecule has 0 saturated carbocycles. The third-order valence-electron chi connectivity index (χ3n) is 2.88. The molecule has 3 N–H and O–H groups in total. The molecular formula is C14H21N3O2. The summed E-state index contributed by atoms with van der Waals surface area (Å²) in [5.74, 6) is -0.00332. The Morgan fingerprint density at radius 3 is 2.42 bits per heavy atom. The van der Waals surface area contributed by atoms with Gasteiger partial charge in [0.25, 0.3) is 0 Å². The fourth-order valence-electron chi connectivity index (χ4n) is 1.75. The Morgan fingerprint density at radius 1 is 1.37 bits per heavy atom. The van der Waals surface area contributed by atoms with Gasteiger partial charge < -0.3 is 15.8 Å². The topological polar surface area (TPSA) is 78.9 Å². The number of oxime groups is 1. The molecule has 0 spiro atoms. The van der Waals surface area contributed by atoms with E-state index in [1.54, 1.807) is 4.90 Å². The van der Waals surface area contributed by atoms with Gasteiger partial charge in [-0.3, -0.25) is 4.79 Å². The molecule has 0 aromatic heterocycles. The van der Waals surface area contributed by atoms with Crippen molar-refractivity contribution in [2.24, 2.45) is 10.9 Å². The Bertz CT molecular complexity index is 452. The second-order valence-electron chi connectivity index (χ2n) is 4.87. The monoisotopic (exact) mass is 263 g/mol. The molecule has 1 aromatic rings. The average molecular weight is 263 g/mol. The van der Waals surface area contributed by atoms with Crippen LogP contribution in [0, 0.1) is 6.92 Å². The number of aryl methyl sites for hydroxylation is 1. The predicted molar refractivity (Wildman–Crippen MR) is 75.1 cm³/mol. The van der Waals surface area contributed by atoms with Gasteiger partial charge in [0.05, 0.1) is 13.0 Å². The Hall–Kier alpha value is -2.04. The van der Waals surface area contributed by atoms with Crippen LogP contribution in [0.5, 0.6) is 0 Å². The quantitative estimate of drug-likeness (QED) is 0.366. The zero-order valence-corrected chi connectivity index (χ0v) is 11.6. The number of benzene rings is 1. The van der Waals surface area contributed by atoms with Gasteiger partial charge in [-0.15, -0.1) is 0 Å². The third kappa shape index (κ3) is 4.62. The van der Waals surface area contributed by atoms with E-state index in [4.69, 9.17) is 10.9 Å². The zero-order valence-electron chi connectivity index (χ0n) is 11.6. The minimum absolute atomic E-state index is 0.00162. The highest BCUT2D eigenvalue weighted by Gasteiger charge is 2.18. The van der Waals surface area contributed by atoms with Gasteiger partial charge in [0, 0.05) is 6.04 Å². The molecule has 0 unspecified atom stereocenters. The van der Waals surface area contributed by atoms with Crippen LogP contribution in [-0.4, -0.2) is 34.4 Å². The van der Waals surface area contributed by atoms with Crippen molar-refractivity contribution < 1.29 is 10.0 Å². The summed E-state index contributed by atoms with van der Waals surface area (Å²) < 4.78 is 0. The molecule has 19 heavy (non-hydrogen) atoms. The number of carbonyl (C=O) groups excluding carboxylic acids is 1. The predicted octanol–water partition coefficient (Wildman–Crippen LogP) is 1.52. The normalized spacial score (nSPS) is 11.7. The zero-order chi connectivity index (χ0) is 14.4. The van der Waals surface area contributed by atoms with E-state index in [2.05, 4.69) is 5.16 Å². The van der Waals surface area contributed by atoms with Crippen LogP contribution in [0.1, 0.15) is 25.0 Å². The summed E-state index contributed by atoms with van der Waals surface area (Å²) in [6.07, 6.45) is 0.317. The molecule has 0 aliphatic heterocycles. The average Bonchev–Trinajstić information content (AvgIpc) is 2.37. The molecule has 5 heteroatoms. The van der Waals surface area contributed by atoms with Crippen LogP contribution in [0.4, 0.5) is 0 Å². The molecular weight excluding hydrogens is 242 g/mol. The molecule has 0 aliphatic carbocycles. The molecule has 5 nitrogen and oxygen atoms in total. The van der Waals surface area contributed by atoms with E-state index >= 15 is 0 Å². The molecule has 0 aliphatic rings. The van der Waals surface area contributed by atoms with Gasteiger partial charge in [-0.05, 0) is 26.3 Å². The first-order valence-electron chi connectivity index (χ1n) is 6.25. The smallest absolute Gasteiger partial charge is 0.227 e. The lowest BCUT2D eigenvalue weighted by molar-refractivity contribution is -0.131. The van der Waals surface area contributed by atoms with E-state index < -0.39 is 0 Å². The van der Waals surface area contributed by atoms with Crippen molar-refractivity contribution in [3.8, 4) is 0 Å². The van der Waals surface area contributed by atoms with Gasteiger partial charge >= 0.3 is 0 Å². The maximum Gasteiger partial charge on any atom is 0.227 e. The first-order chi connectivity index (χ1) is 8.93. The largest absolute Gasteiger partial charge is 0.409 e. The van der Waals surface area contributed by atoms with Gasteiger partial charge in [0.15, 0.2) is 5.84 Å². The molecule has 0 radical (unpaired) electrons. The molecule has 1 aromatic carbocycles. The van der Waals surface area contributed by atoms with Crippen molar-refractivity contribution in [1.82, 2.24) is 4.90 Å². The van der Waals surface area contributed by atoms with Crippen molar-refractivity contribution in [1.29, 1.82) is 0 Å². The number of carbonyl (C=O) groups is 1. The molecule has 0 fully saturated rings. The van der Waals surface area contributed by atoms with Crippen LogP contribution in [0.15, 0.2) is 29.4 Å². The number of hydrogen-bond donors (Lipinski definition) is 2. The number of amides is 1. The van der Waals surface area contributed by atoms with Gasteiger partial charge in [-0.2, -0.15) is 0 Å². The summed E-state index contributed by atoms with van der Waals surface area (Å²) in [5.41, 5.74) is 7.59. The van der Waals surface area contributed by atoms with Crippen LogP contribution in [0.25, 0.3) is 0 Å². The summed E-state index contributed by atoms with van der Waals surface area (Å²) >= 11 is 0. The fraction of sp³-hybridized carbons (Fsp3) is 0.429. The summed E-state index contributed by atoms with van der Waals surface area (Å²) in [4.78, 5) is 13.8. The second kappa shape index (κ2) is 6.78. The highest BCUT2D eigenvalue weighted by Crippen LogP contribution is 2.08. The van der Waals surface area contributed by atoms with Crippen molar-refractivity contribution in [3.05, 3.63) is 35.4 Å². The lowest BCUT2D eigenvalue weighted by Crippen LogP contribution is -2.43. The van der Waals surface area contributed by atoms with Crippen LogP contribution in [-0.2, 0) is 11.2 Å². The van der Waals surface area contributed by atoms with E-state index in [9.17, 15) is 4.79 Å². The number of nitrogens with zero attached hydrogens (tertiary/aromatic N) is 2. The maximum absolute atomic E-state index is 12.2. The van der Waals surface area contributed by atoms with Crippen LogP contribution < -0.4 is 5.73 Å². The lowest BCUT2D eigenvalue weighted by Gasteiger charge is -2.26. The number of nitrogens with two attached hydrogens (primary N) is 1. The third-order valence-corrected chi connectivity index (χ3v) is 2.88. The molecule has 0 heterocycles. The van der Waals surface area contributed by atoms with Gasteiger partial charge in [-0.25, -0.2) is 0 Å². The standard InChI is InChI=1S/C14H21N3O2/c1-10(2)17(9-13(15)16-19)14(18)8-12-6-4-11(3)5-7-12/h4-7,10,19H,8-9H2,1-3H3,(H2,15,16). The van der Waals surface area contributed by atoms with Crippen molar-refractivity contribution >= 4 is 11.7 Å². The van der Waals surface area contributed by atoms with Crippen molar-refractivity contribution in [2.45, 2.75) is 33.2 Å². The number of rotatable bonds is 5. The molecule has 0 saturated heterocycles. The maximum atomic E-state index is 12.2. The SMILES string of the molecule is Cc1ccc(CC(=O)N(CC(N)=NO)C(C)C)cc1. The first-order valence-corrected chi connectivity index (χ1v) is 6.25. The highest BCUT2D eigenvalue weighted by molar-refractivity contribution is 5.87. The first kappa shape index (κ1) is 15.0. The second-order valence-corrected chi connectivity index (χ2v) is 4.87. The Labute approximate surface area is 113 Å². The van der Waals surface area contributed by atoms with Crippen LogP contribution in [0.3, 0.4) is 0 Å². The van der Waals surface area contributed by atoms with E-state index in [1.807, 2.05) is 45.0 Å². The van der Waals surface area contributed by atoms with Crippen molar-refractivity contribution in [3.63, 3.8) is 0 Å².